The second-order valence-electron chi connectivity index (χ2n) is 5.60. The van der Waals surface area contributed by atoms with Gasteiger partial charge < -0.3 is 20.4 Å². The smallest absolute Gasteiger partial charge is 0.340 e. The summed E-state index contributed by atoms with van der Waals surface area (Å²) in [4.78, 5) is 23.6. The maximum absolute atomic E-state index is 12.1. The second kappa shape index (κ2) is 6.31. The van der Waals surface area contributed by atoms with E-state index >= 15 is 0 Å². The zero-order chi connectivity index (χ0) is 15.5. The molecule has 0 bridgehead atoms. The Balaban J connectivity index is 1.88. The molecule has 2 aromatic heterocycles. The zero-order valence-electron chi connectivity index (χ0n) is 12.8. The van der Waals surface area contributed by atoms with Crippen LogP contribution in [-0.4, -0.2) is 46.2 Å². The minimum absolute atomic E-state index is 0.291. The molecule has 7 nitrogen and oxygen atoms in total. The number of piperidine rings is 1. The van der Waals surface area contributed by atoms with E-state index in [1.165, 1.54) is 6.33 Å². The van der Waals surface area contributed by atoms with Crippen LogP contribution in [0, 0.1) is 0 Å². The van der Waals surface area contributed by atoms with Gasteiger partial charge >= 0.3 is 5.97 Å². The number of aromatic nitrogens is 3. The van der Waals surface area contributed by atoms with Crippen LogP contribution in [0.5, 0.6) is 0 Å². The summed E-state index contributed by atoms with van der Waals surface area (Å²) in [6, 6.07) is 0.838. The first-order valence-electron chi connectivity index (χ1n) is 7.68. The van der Waals surface area contributed by atoms with Gasteiger partial charge in [-0.1, -0.05) is 0 Å². The minimum Gasteiger partial charge on any atom is -0.462 e. The van der Waals surface area contributed by atoms with Gasteiger partial charge in [0.25, 0.3) is 0 Å². The molecule has 7 heteroatoms. The molecule has 1 unspecified atom stereocenters. The first-order valence-corrected chi connectivity index (χ1v) is 7.68. The monoisotopic (exact) mass is 303 g/mol. The number of aromatic amines is 1. The number of carbonyl (C=O) groups is 1. The Morgan fingerprint density at radius 1 is 1.45 bits per heavy atom. The molecule has 3 rings (SSSR count). The van der Waals surface area contributed by atoms with Gasteiger partial charge in [-0.25, -0.2) is 14.8 Å². The normalized spacial score (nSPS) is 21.7. The molecule has 118 valence electrons. The molecule has 3 heterocycles. The molecule has 0 aromatic carbocycles. The third kappa shape index (κ3) is 2.89. The third-order valence-corrected chi connectivity index (χ3v) is 3.97. The van der Waals surface area contributed by atoms with Gasteiger partial charge in [0.2, 0.25) is 0 Å². The highest BCUT2D eigenvalue weighted by Crippen LogP contribution is 2.25. The van der Waals surface area contributed by atoms with Crippen LogP contribution in [0.3, 0.4) is 0 Å². The highest BCUT2D eigenvalue weighted by Gasteiger charge is 2.22. The van der Waals surface area contributed by atoms with Crippen molar-refractivity contribution in [2.24, 2.45) is 0 Å². The van der Waals surface area contributed by atoms with Crippen molar-refractivity contribution >= 4 is 22.8 Å². The molecule has 1 aliphatic rings. The lowest BCUT2D eigenvalue weighted by atomic mass is 10.0. The molecule has 0 aliphatic carbocycles. The van der Waals surface area contributed by atoms with E-state index in [0.29, 0.717) is 41.1 Å². The molecular weight excluding hydrogens is 282 g/mol. The summed E-state index contributed by atoms with van der Waals surface area (Å²) in [5.74, 6) is 0.317. The summed E-state index contributed by atoms with van der Waals surface area (Å²) < 4.78 is 5.10. The van der Waals surface area contributed by atoms with E-state index in [0.717, 1.165) is 19.4 Å². The number of hydrogen-bond acceptors (Lipinski definition) is 6. The maximum Gasteiger partial charge on any atom is 0.340 e. The van der Waals surface area contributed by atoms with Crippen LogP contribution in [0.15, 0.2) is 12.5 Å². The summed E-state index contributed by atoms with van der Waals surface area (Å²) in [5, 5.41) is 7.57. The van der Waals surface area contributed by atoms with Crippen molar-refractivity contribution in [3.63, 3.8) is 0 Å². The predicted molar refractivity (Wildman–Crippen MR) is 84.0 cm³/mol. The van der Waals surface area contributed by atoms with Crippen molar-refractivity contribution < 1.29 is 9.53 Å². The number of carbonyl (C=O) groups excluding carboxylic acids is 1. The summed E-state index contributed by atoms with van der Waals surface area (Å²) in [5.41, 5.74) is 1.11. The number of ether oxygens (including phenoxy) is 1. The van der Waals surface area contributed by atoms with Crippen molar-refractivity contribution in [2.45, 2.75) is 38.8 Å². The Bertz CT molecular complexity index is 661. The van der Waals surface area contributed by atoms with Gasteiger partial charge in [0.05, 0.1) is 17.6 Å². The topological polar surface area (TPSA) is 91.9 Å². The van der Waals surface area contributed by atoms with Crippen LogP contribution < -0.4 is 10.6 Å². The first kappa shape index (κ1) is 14.8. The van der Waals surface area contributed by atoms with Crippen LogP contribution in [0.4, 0.5) is 5.82 Å². The number of anilines is 1. The molecule has 0 amide bonds. The molecule has 2 atom stereocenters. The van der Waals surface area contributed by atoms with Crippen LogP contribution in [0.25, 0.3) is 11.0 Å². The maximum atomic E-state index is 12.1. The van der Waals surface area contributed by atoms with Gasteiger partial charge in [0.1, 0.15) is 17.8 Å². The molecule has 0 saturated carbocycles. The van der Waals surface area contributed by atoms with Crippen molar-refractivity contribution in [1.82, 2.24) is 20.3 Å². The lowest BCUT2D eigenvalue weighted by molar-refractivity contribution is 0.0528. The average Bonchev–Trinajstić information content (AvgIpc) is 2.95. The molecular formula is C15H21N5O2. The third-order valence-electron chi connectivity index (χ3n) is 3.97. The summed E-state index contributed by atoms with van der Waals surface area (Å²) in [6.07, 6.45) is 5.31. The fourth-order valence-corrected chi connectivity index (χ4v) is 2.76. The van der Waals surface area contributed by atoms with E-state index < -0.39 is 0 Å². The quantitative estimate of drug-likeness (QED) is 0.744. The Hall–Kier alpha value is -2.15. The Morgan fingerprint density at radius 3 is 3.05 bits per heavy atom. The lowest BCUT2D eigenvalue weighted by Crippen LogP contribution is -2.43. The standard InChI is InChI=1S/C15H21N5O2/c1-3-22-15(21)11-7-17-13-12(11)14(19-8-18-13)20-10-5-4-9(2)16-6-10/h7-10,16H,3-6H2,1-2H3,(H2,17,18,19,20)/t9-,10?/m0/s1. The van der Waals surface area contributed by atoms with Crippen molar-refractivity contribution in [2.75, 3.05) is 18.5 Å². The molecule has 0 radical (unpaired) electrons. The molecule has 3 N–H and O–H groups in total. The Labute approximate surface area is 128 Å². The second-order valence-corrected chi connectivity index (χ2v) is 5.60. The fourth-order valence-electron chi connectivity index (χ4n) is 2.76. The van der Waals surface area contributed by atoms with Gasteiger partial charge in [0.15, 0.2) is 0 Å². The molecule has 1 saturated heterocycles. The highest BCUT2D eigenvalue weighted by atomic mass is 16.5. The number of hydrogen-bond donors (Lipinski definition) is 3. The van der Waals surface area contributed by atoms with Crippen LogP contribution in [0.2, 0.25) is 0 Å². The average molecular weight is 303 g/mol. The van der Waals surface area contributed by atoms with E-state index in [-0.39, 0.29) is 5.97 Å². The molecule has 1 aliphatic heterocycles. The van der Waals surface area contributed by atoms with Crippen molar-refractivity contribution in [3.8, 4) is 0 Å². The van der Waals surface area contributed by atoms with Gasteiger partial charge in [0, 0.05) is 24.8 Å². The van der Waals surface area contributed by atoms with Crippen LogP contribution in [0.1, 0.15) is 37.0 Å². The Kier molecular flexibility index (Phi) is 4.24. The number of rotatable bonds is 4. The molecule has 22 heavy (non-hydrogen) atoms. The molecule has 1 fully saturated rings. The fraction of sp³-hybridized carbons (Fsp3) is 0.533. The van der Waals surface area contributed by atoms with Crippen LogP contribution in [-0.2, 0) is 4.74 Å². The summed E-state index contributed by atoms with van der Waals surface area (Å²) in [6.45, 7) is 5.19. The molecule has 0 spiro atoms. The van der Waals surface area contributed by atoms with Gasteiger partial charge in [-0.2, -0.15) is 0 Å². The van der Waals surface area contributed by atoms with E-state index in [1.54, 1.807) is 13.1 Å². The number of esters is 1. The first-order chi connectivity index (χ1) is 10.7. The van der Waals surface area contributed by atoms with Crippen molar-refractivity contribution in [1.29, 1.82) is 0 Å². The lowest BCUT2D eigenvalue weighted by Gasteiger charge is -2.28. The van der Waals surface area contributed by atoms with Crippen molar-refractivity contribution in [3.05, 3.63) is 18.1 Å². The SMILES string of the molecule is CCOC(=O)c1c[nH]c2ncnc(NC3CC[C@H](C)NC3)c12. The van der Waals surface area contributed by atoms with E-state index in [9.17, 15) is 4.79 Å². The van der Waals surface area contributed by atoms with E-state index in [2.05, 4.69) is 32.5 Å². The highest BCUT2D eigenvalue weighted by molar-refractivity contribution is 6.07. The largest absolute Gasteiger partial charge is 0.462 e. The zero-order valence-corrected chi connectivity index (χ0v) is 12.8. The number of H-pyrrole nitrogens is 1. The number of nitrogens with zero attached hydrogens (tertiary/aromatic N) is 2. The predicted octanol–water partition coefficient (Wildman–Crippen LogP) is 1.69. The van der Waals surface area contributed by atoms with Gasteiger partial charge in [-0.05, 0) is 26.7 Å². The van der Waals surface area contributed by atoms with E-state index in [4.69, 9.17) is 4.74 Å². The van der Waals surface area contributed by atoms with E-state index in [1.807, 2.05) is 0 Å². The Morgan fingerprint density at radius 2 is 2.32 bits per heavy atom. The number of nitrogens with one attached hydrogen (secondary N) is 3. The number of fused-ring (bicyclic) bond motifs is 1. The summed E-state index contributed by atoms with van der Waals surface area (Å²) in [7, 11) is 0. The van der Waals surface area contributed by atoms with Crippen LogP contribution >= 0.6 is 0 Å². The van der Waals surface area contributed by atoms with Gasteiger partial charge in [-0.3, -0.25) is 0 Å². The summed E-state index contributed by atoms with van der Waals surface area (Å²) >= 11 is 0. The van der Waals surface area contributed by atoms with Gasteiger partial charge in [-0.15, -0.1) is 0 Å². The molecule has 2 aromatic rings. The minimum atomic E-state index is -0.359.